The number of nitrogen functional groups attached to an aromatic ring is 1. The average Bonchev–Trinajstić information content (AvgIpc) is 2.94. The summed E-state index contributed by atoms with van der Waals surface area (Å²) in [5.74, 6) is 1.29. The Morgan fingerprint density at radius 2 is 2.41 bits per heavy atom. The predicted octanol–water partition coefficient (Wildman–Crippen LogP) is 1.53. The van der Waals surface area contributed by atoms with Crippen molar-refractivity contribution in [3.63, 3.8) is 0 Å². The Kier molecular flexibility index (Phi) is 3.38. The van der Waals surface area contributed by atoms with Gasteiger partial charge in [0.25, 0.3) is 5.89 Å². The van der Waals surface area contributed by atoms with Gasteiger partial charge in [0, 0.05) is 7.11 Å². The summed E-state index contributed by atoms with van der Waals surface area (Å²) in [5, 5.41) is 10.3. The fourth-order valence-corrected chi connectivity index (χ4v) is 1.56. The summed E-state index contributed by atoms with van der Waals surface area (Å²) in [5.41, 5.74) is 6.28. The lowest BCUT2D eigenvalue weighted by Crippen LogP contribution is -2.03. The molecule has 0 spiro atoms. The van der Waals surface area contributed by atoms with Gasteiger partial charge in [0.2, 0.25) is 5.82 Å². The smallest absolute Gasteiger partial charge is 0.263 e. The van der Waals surface area contributed by atoms with Gasteiger partial charge < -0.3 is 15.0 Å². The first kappa shape index (κ1) is 11.6. The first-order valence-electron chi connectivity index (χ1n) is 5.41. The van der Waals surface area contributed by atoms with Gasteiger partial charge in [-0.25, -0.2) is 0 Å². The largest absolute Gasteiger partial charge is 0.383 e. The number of rotatable bonds is 5. The van der Waals surface area contributed by atoms with E-state index in [0.717, 1.165) is 12.8 Å². The van der Waals surface area contributed by atoms with Crippen molar-refractivity contribution >= 4 is 5.82 Å². The van der Waals surface area contributed by atoms with Gasteiger partial charge in [-0.3, -0.25) is 5.10 Å². The molecule has 2 heterocycles. The lowest BCUT2D eigenvalue weighted by atomic mass is 10.2. The normalized spacial score (nSPS) is 12.8. The van der Waals surface area contributed by atoms with Crippen LogP contribution in [-0.4, -0.2) is 27.4 Å². The maximum atomic E-state index is 5.67. The summed E-state index contributed by atoms with van der Waals surface area (Å²) in [4.78, 5) is 4.26. The molecule has 0 aliphatic carbocycles. The van der Waals surface area contributed by atoms with Crippen LogP contribution in [0.1, 0.15) is 31.7 Å². The van der Waals surface area contributed by atoms with Crippen molar-refractivity contribution in [2.45, 2.75) is 25.9 Å². The molecule has 0 amide bonds. The highest BCUT2D eigenvalue weighted by molar-refractivity contribution is 5.65. The second kappa shape index (κ2) is 4.96. The molecule has 17 heavy (non-hydrogen) atoms. The molecule has 0 aliphatic heterocycles. The maximum Gasteiger partial charge on any atom is 0.263 e. The summed E-state index contributed by atoms with van der Waals surface area (Å²) < 4.78 is 10.4. The van der Waals surface area contributed by atoms with Crippen LogP contribution in [0.2, 0.25) is 0 Å². The number of aromatic nitrogens is 4. The van der Waals surface area contributed by atoms with Gasteiger partial charge in [-0.15, -0.1) is 0 Å². The number of nitrogens with two attached hydrogens (primary N) is 1. The number of aromatic amines is 1. The van der Waals surface area contributed by atoms with Crippen molar-refractivity contribution < 1.29 is 9.26 Å². The summed E-state index contributed by atoms with van der Waals surface area (Å²) in [6.45, 7) is 2.07. The van der Waals surface area contributed by atoms with E-state index in [1.807, 2.05) is 0 Å². The Labute approximate surface area is 98.3 Å². The molecule has 0 aromatic carbocycles. The molecule has 1 atom stereocenters. The van der Waals surface area contributed by atoms with Gasteiger partial charge >= 0.3 is 0 Å². The van der Waals surface area contributed by atoms with Crippen LogP contribution in [0, 0.1) is 0 Å². The van der Waals surface area contributed by atoms with Crippen molar-refractivity contribution in [1.82, 2.24) is 20.3 Å². The molecule has 7 heteroatoms. The van der Waals surface area contributed by atoms with Gasteiger partial charge in [0.15, 0.2) is 0 Å². The molecule has 0 saturated carbocycles. The third-order valence-electron chi connectivity index (χ3n) is 2.46. The number of hydrogen-bond acceptors (Lipinski definition) is 6. The third-order valence-corrected chi connectivity index (χ3v) is 2.46. The van der Waals surface area contributed by atoms with Crippen molar-refractivity contribution in [2.75, 3.05) is 12.8 Å². The molecule has 0 radical (unpaired) electrons. The number of ether oxygens (including phenoxy) is 1. The molecule has 7 nitrogen and oxygen atoms in total. The highest BCUT2D eigenvalue weighted by Gasteiger charge is 2.19. The van der Waals surface area contributed by atoms with E-state index in [1.54, 1.807) is 13.3 Å². The third kappa shape index (κ3) is 2.28. The van der Waals surface area contributed by atoms with E-state index in [2.05, 4.69) is 27.3 Å². The number of nitrogens with zero attached hydrogens (tertiary/aromatic N) is 3. The molecule has 2 aromatic rings. The highest BCUT2D eigenvalue weighted by atomic mass is 16.5. The van der Waals surface area contributed by atoms with E-state index in [1.165, 1.54) is 0 Å². The van der Waals surface area contributed by atoms with E-state index in [9.17, 15) is 0 Å². The molecule has 0 bridgehead atoms. The number of anilines is 1. The van der Waals surface area contributed by atoms with E-state index in [0.29, 0.717) is 23.1 Å². The van der Waals surface area contributed by atoms with E-state index in [4.69, 9.17) is 15.0 Å². The van der Waals surface area contributed by atoms with Crippen LogP contribution in [0.4, 0.5) is 5.82 Å². The molecule has 1 unspecified atom stereocenters. The lowest BCUT2D eigenvalue weighted by molar-refractivity contribution is 0.0854. The van der Waals surface area contributed by atoms with Gasteiger partial charge in [-0.2, -0.15) is 10.1 Å². The molecular weight excluding hydrogens is 222 g/mol. The molecule has 0 saturated heterocycles. The van der Waals surface area contributed by atoms with E-state index < -0.39 is 0 Å². The monoisotopic (exact) mass is 237 g/mol. The first-order chi connectivity index (χ1) is 8.26. The summed E-state index contributed by atoms with van der Waals surface area (Å²) >= 11 is 0. The zero-order valence-electron chi connectivity index (χ0n) is 9.80. The molecule has 0 aliphatic rings. The summed E-state index contributed by atoms with van der Waals surface area (Å²) in [7, 11) is 1.63. The number of methoxy groups -OCH3 is 1. The molecule has 0 fully saturated rings. The minimum absolute atomic E-state index is 0.148. The Morgan fingerprint density at radius 1 is 1.59 bits per heavy atom. The average molecular weight is 237 g/mol. The second-order valence-corrected chi connectivity index (χ2v) is 3.67. The van der Waals surface area contributed by atoms with Crippen LogP contribution < -0.4 is 5.73 Å². The zero-order chi connectivity index (χ0) is 12.3. The summed E-state index contributed by atoms with van der Waals surface area (Å²) in [6.07, 6.45) is 3.23. The van der Waals surface area contributed by atoms with Crippen molar-refractivity contribution in [3.8, 4) is 11.5 Å². The standard InChI is InChI=1S/C10H15N5O2/c1-3-4-7(16-2)9-13-10(17-15-9)6-5-12-14-8(6)11/h5,7H,3-4H2,1-2H3,(H3,11,12,14). The minimum atomic E-state index is -0.148. The topological polar surface area (TPSA) is 103 Å². The zero-order valence-corrected chi connectivity index (χ0v) is 9.80. The van der Waals surface area contributed by atoms with Gasteiger partial charge in [-0.05, 0) is 6.42 Å². The molecule has 92 valence electrons. The van der Waals surface area contributed by atoms with E-state index in [-0.39, 0.29) is 6.10 Å². The van der Waals surface area contributed by atoms with Crippen LogP contribution >= 0.6 is 0 Å². The number of H-pyrrole nitrogens is 1. The van der Waals surface area contributed by atoms with Gasteiger partial charge in [-0.1, -0.05) is 18.5 Å². The van der Waals surface area contributed by atoms with Crippen molar-refractivity contribution in [3.05, 3.63) is 12.0 Å². The van der Waals surface area contributed by atoms with Crippen LogP contribution in [0.3, 0.4) is 0 Å². The Balaban J connectivity index is 2.24. The Hall–Kier alpha value is -1.89. The van der Waals surface area contributed by atoms with Crippen molar-refractivity contribution in [1.29, 1.82) is 0 Å². The Bertz CT molecular complexity index is 479. The molecule has 2 aromatic heterocycles. The molecule has 2 rings (SSSR count). The molecule has 3 N–H and O–H groups in total. The van der Waals surface area contributed by atoms with Gasteiger partial charge in [0.05, 0.1) is 6.20 Å². The van der Waals surface area contributed by atoms with Crippen LogP contribution in [0.15, 0.2) is 10.7 Å². The van der Waals surface area contributed by atoms with E-state index >= 15 is 0 Å². The lowest BCUT2D eigenvalue weighted by Gasteiger charge is -2.08. The fraction of sp³-hybridized carbons (Fsp3) is 0.500. The number of hydrogen-bond donors (Lipinski definition) is 2. The minimum Gasteiger partial charge on any atom is -0.383 e. The predicted molar refractivity (Wildman–Crippen MR) is 61.0 cm³/mol. The maximum absolute atomic E-state index is 5.67. The van der Waals surface area contributed by atoms with Crippen LogP contribution in [0.5, 0.6) is 0 Å². The van der Waals surface area contributed by atoms with Gasteiger partial charge in [0.1, 0.15) is 17.5 Å². The quantitative estimate of drug-likeness (QED) is 0.817. The Morgan fingerprint density at radius 3 is 3.00 bits per heavy atom. The van der Waals surface area contributed by atoms with Crippen LogP contribution in [0.25, 0.3) is 11.5 Å². The SMILES string of the molecule is CCCC(OC)c1noc(-c2cn[nH]c2N)n1. The highest BCUT2D eigenvalue weighted by Crippen LogP contribution is 2.25. The molecular formula is C10H15N5O2. The first-order valence-corrected chi connectivity index (χ1v) is 5.41. The second-order valence-electron chi connectivity index (χ2n) is 3.67. The number of nitrogens with one attached hydrogen (secondary N) is 1. The van der Waals surface area contributed by atoms with Crippen molar-refractivity contribution in [2.24, 2.45) is 0 Å². The fourth-order valence-electron chi connectivity index (χ4n) is 1.56. The summed E-state index contributed by atoms with van der Waals surface area (Å²) in [6, 6.07) is 0. The van der Waals surface area contributed by atoms with Crippen LogP contribution in [-0.2, 0) is 4.74 Å².